The van der Waals surface area contributed by atoms with Gasteiger partial charge in [-0.15, -0.1) is 0 Å². The fraction of sp³-hybridized carbons (Fsp3) is 0.214. The number of para-hydroxylation sites is 1. The van der Waals surface area contributed by atoms with Crippen LogP contribution in [0.15, 0.2) is 41.7 Å². The molecule has 0 saturated carbocycles. The summed E-state index contributed by atoms with van der Waals surface area (Å²) in [5.41, 5.74) is 6.34. The molecule has 0 atom stereocenters. The van der Waals surface area contributed by atoms with Crippen LogP contribution in [0.2, 0.25) is 0 Å². The molecule has 0 saturated heterocycles. The van der Waals surface area contributed by atoms with Gasteiger partial charge in [0.2, 0.25) is 0 Å². The highest BCUT2D eigenvalue weighted by Crippen LogP contribution is 2.22. The maximum Gasteiger partial charge on any atom is 0.433 e. The van der Waals surface area contributed by atoms with E-state index < -0.39 is 6.09 Å². The van der Waals surface area contributed by atoms with Crippen molar-refractivity contribution < 1.29 is 14.4 Å². The first-order chi connectivity index (χ1) is 10.2. The number of nitrogens with two attached hydrogens (primary N) is 1. The lowest BCUT2D eigenvalue weighted by molar-refractivity contribution is 0.150. The summed E-state index contributed by atoms with van der Waals surface area (Å²) < 4.78 is 5.54. The summed E-state index contributed by atoms with van der Waals surface area (Å²) in [6.07, 6.45) is 1.03. The first-order valence-electron chi connectivity index (χ1n) is 6.44. The van der Waals surface area contributed by atoms with Gasteiger partial charge in [0.15, 0.2) is 5.84 Å². The van der Waals surface area contributed by atoms with Crippen LogP contribution in [-0.4, -0.2) is 30.1 Å². The minimum Gasteiger partial charge on any atom is -0.483 e. The highest BCUT2D eigenvalue weighted by Gasteiger charge is 2.05. The Morgan fingerprint density at radius 1 is 1.38 bits per heavy atom. The minimum absolute atomic E-state index is 0.00487. The van der Waals surface area contributed by atoms with E-state index >= 15 is 0 Å². The number of aromatic nitrogens is 1. The van der Waals surface area contributed by atoms with E-state index in [1.54, 1.807) is 19.2 Å². The molecule has 21 heavy (non-hydrogen) atoms. The molecule has 1 heterocycles. The number of nitrogens with one attached hydrogen (secondary N) is 1. The molecule has 0 aliphatic carbocycles. The number of carbonyl (C=O) groups is 1. The van der Waals surface area contributed by atoms with Gasteiger partial charge in [-0.2, -0.15) is 0 Å². The Kier molecular flexibility index (Phi) is 4.92. The normalized spacial score (nSPS) is 11.2. The predicted molar refractivity (Wildman–Crippen MR) is 79.0 cm³/mol. The SMILES string of the molecule is CCNC(=O)O/N=C(\N)COc1cccc2cccnc12. The molecule has 0 aliphatic heterocycles. The number of ether oxygens (including phenoxy) is 1. The number of amidine groups is 1. The monoisotopic (exact) mass is 288 g/mol. The Morgan fingerprint density at radius 2 is 2.19 bits per heavy atom. The number of pyridine rings is 1. The van der Waals surface area contributed by atoms with Crippen molar-refractivity contribution in [2.24, 2.45) is 10.9 Å². The standard InChI is InChI=1S/C14H16N4O3/c1-2-16-14(19)21-18-12(15)9-20-11-7-3-5-10-6-4-8-17-13(10)11/h3-8H,2,9H2,1H3,(H2,15,18)(H,16,19). The molecule has 1 amide bonds. The van der Waals surface area contributed by atoms with Crippen LogP contribution in [0.3, 0.4) is 0 Å². The molecule has 3 N–H and O–H groups in total. The van der Waals surface area contributed by atoms with Crippen molar-refractivity contribution in [1.29, 1.82) is 0 Å². The number of hydrogen-bond donors (Lipinski definition) is 2. The summed E-state index contributed by atoms with van der Waals surface area (Å²) in [5, 5.41) is 6.86. The summed E-state index contributed by atoms with van der Waals surface area (Å²) in [5.74, 6) is 0.637. The Labute approximate surface area is 121 Å². The lowest BCUT2D eigenvalue weighted by Gasteiger charge is -2.07. The van der Waals surface area contributed by atoms with Crippen LogP contribution in [0.4, 0.5) is 4.79 Å². The zero-order valence-electron chi connectivity index (χ0n) is 11.6. The van der Waals surface area contributed by atoms with Gasteiger partial charge in [-0.05, 0) is 19.1 Å². The van der Waals surface area contributed by atoms with E-state index in [1.165, 1.54) is 0 Å². The van der Waals surface area contributed by atoms with Crippen molar-refractivity contribution in [3.8, 4) is 5.75 Å². The largest absolute Gasteiger partial charge is 0.483 e. The van der Waals surface area contributed by atoms with Crippen molar-refractivity contribution in [3.63, 3.8) is 0 Å². The molecule has 0 bridgehead atoms. The van der Waals surface area contributed by atoms with E-state index in [0.29, 0.717) is 12.3 Å². The summed E-state index contributed by atoms with van der Waals surface area (Å²) in [6.45, 7) is 2.21. The van der Waals surface area contributed by atoms with Gasteiger partial charge < -0.3 is 15.8 Å². The second-order valence-corrected chi connectivity index (χ2v) is 4.11. The molecule has 7 nitrogen and oxygen atoms in total. The van der Waals surface area contributed by atoms with Crippen LogP contribution in [0.25, 0.3) is 10.9 Å². The van der Waals surface area contributed by atoms with E-state index in [-0.39, 0.29) is 12.4 Å². The van der Waals surface area contributed by atoms with Gasteiger partial charge in [-0.25, -0.2) is 4.79 Å². The Balaban J connectivity index is 1.98. The second kappa shape index (κ2) is 7.09. The average Bonchev–Trinajstić information content (AvgIpc) is 2.51. The lowest BCUT2D eigenvalue weighted by Crippen LogP contribution is -2.26. The maximum atomic E-state index is 11.0. The number of rotatable bonds is 5. The molecule has 110 valence electrons. The molecule has 1 aromatic heterocycles. The number of nitrogens with zero attached hydrogens (tertiary/aromatic N) is 2. The van der Waals surface area contributed by atoms with Crippen LogP contribution < -0.4 is 15.8 Å². The van der Waals surface area contributed by atoms with Crippen molar-refractivity contribution in [2.75, 3.05) is 13.2 Å². The molecule has 0 aliphatic rings. The van der Waals surface area contributed by atoms with Crippen molar-refractivity contribution in [1.82, 2.24) is 10.3 Å². The lowest BCUT2D eigenvalue weighted by atomic mass is 10.2. The van der Waals surface area contributed by atoms with Gasteiger partial charge in [-0.3, -0.25) is 9.82 Å². The fourth-order valence-corrected chi connectivity index (χ4v) is 1.65. The third-order valence-corrected chi connectivity index (χ3v) is 2.54. The number of carbonyl (C=O) groups excluding carboxylic acids is 1. The highest BCUT2D eigenvalue weighted by atomic mass is 16.7. The zero-order valence-corrected chi connectivity index (χ0v) is 11.6. The topological polar surface area (TPSA) is 98.8 Å². The molecule has 2 aromatic rings. The van der Waals surface area contributed by atoms with Gasteiger partial charge >= 0.3 is 6.09 Å². The van der Waals surface area contributed by atoms with Crippen molar-refractivity contribution in [3.05, 3.63) is 36.5 Å². The Hall–Kier alpha value is -2.83. The van der Waals surface area contributed by atoms with Crippen LogP contribution in [-0.2, 0) is 4.84 Å². The zero-order chi connectivity index (χ0) is 15.1. The molecule has 0 fully saturated rings. The molecule has 0 unspecified atom stereocenters. The summed E-state index contributed by atoms with van der Waals surface area (Å²) in [4.78, 5) is 19.8. The molecule has 0 radical (unpaired) electrons. The summed E-state index contributed by atoms with van der Waals surface area (Å²) >= 11 is 0. The van der Waals surface area contributed by atoms with Gasteiger partial charge in [0, 0.05) is 18.1 Å². The number of benzene rings is 1. The first kappa shape index (κ1) is 14.6. The number of oxime groups is 1. The van der Waals surface area contributed by atoms with E-state index in [9.17, 15) is 4.79 Å². The van der Waals surface area contributed by atoms with Crippen molar-refractivity contribution in [2.45, 2.75) is 6.92 Å². The van der Waals surface area contributed by atoms with Gasteiger partial charge in [0.25, 0.3) is 0 Å². The average molecular weight is 288 g/mol. The van der Waals surface area contributed by atoms with Gasteiger partial charge in [0.05, 0.1) is 0 Å². The van der Waals surface area contributed by atoms with Crippen LogP contribution in [0.1, 0.15) is 6.92 Å². The predicted octanol–water partition coefficient (Wildman–Crippen LogP) is 1.63. The fourth-order valence-electron chi connectivity index (χ4n) is 1.65. The third kappa shape index (κ3) is 4.07. The molecular weight excluding hydrogens is 272 g/mol. The van der Waals surface area contributed by atoms with E-state index in [0.717, 1.165) is 10.9 Å². The first-order valence-corrected chi connectivity index (χ1v) is 6.44. The van der Waals surface area contributed by atoms with Crippen LogP contribution in [0.5, 0.6) is 5.75 Å². The smallest absolute Gasteiger partial charge is 0.433 e. The van der Waals surface area contributed by atoms with E-state index in [1.807, 2.05) is 24.3 Å². The molecular formula is C14H16N4O3. The summed E-state index contributed by atoms with van der Waals surface area (Å²) in [7, 11) is 0. The number of amides is 1. The minimum atomic E-state index is -0.660. The van der Waals surface area contributed by atoms with Crippen LogP contribution >= 0.6 is 0 Å². The Bertz CT molecular complexity index is 652. The van der Waals surface area contributed by atoms with Gasteiger partial charge in [-0.1, -0.05) is 23.4 Å². The van der Waals surface area contributed by atoms with E-state index in [4.69, 9.17) is 10.5 Å². The van der Waals surface area contributed by atoms with Gasteiger partial charge in [0.1, 0.15) is 17.9 Å². The molecule has 0 spiro atoms. The summed E-state index contributed by atoms with van der Waals surface area (Å²) in [6, 6.07) is 9.36. The molecule has 7 heteroatoms. The number of fused-ring (bicyclic) bond motifs is 1. The molecule has 2 rings (SSSR count). The quantitative estimate of drug-likeness (QED) is 0.377. The molecule has 1 aromatic carbocycles. The highest BCUT2D eigenvalue weighted by molar-refractivity contribution is 5.86. The maximum absolute atomic E-state index is 11.0. The second-order valence-electron chi connectivity index (χ2n) is 4.11. The Morgan fingerprint density at radius 3 is 3.00 bits per heavy atom. The van der Waals surface area contributed by atoms with E-state index in [2.05, 4.69) is 20.3 Å². The third-order valence-electron chi connectivity index (χ3n) is 2.54. The van der Waals surface area contributed by atoms with Crippen molar-refractivity contribution >= 4 is 22.8 Å². The van der Waals surface area contributed by atoms with Crippen LogP contribution in [0, 0.1) is 0 Å². The number of hydrogen-bond acceptors (Lipinski definition) is 5.